The number of nitrogens with zero attached hydrogens (tertiary/aromatic N) is 3. The van der Waals surface area contributed by atoms with E-state index < -0.39 is 12.1 Å². The summed E-state index contributed by atoms with van der Waals surface area (Å²) < 4.78 is 7.30. The standard InChI is InChI=1S/C24H27N3O3/c1-5-26(20-12-8-6-9-13-20)24(29)19(4)30-23(28)16-22-17(2)25-27(18(22)3)21-14-10-7-11-15-21/h6-15,19H,5,16H2,1-4H3/t19-/m1/s1. The predicted molar refractivity (Wildman–Crippen MR) is 117 cm³/mol. The van der Waals surface area contributed by atoms with Crippen LogP contribution in [0.1, 0.15) is 30.8 Å². The molecule has 1 atom stereocenters. The van der Waals surface area contributed by atoms with Crippen molar-refractivity contribution >= 4 is 17.6 Å². The monoisotopic (exact) mass is 405 g/mol. The smallest absolute Gasteiger partial charge is 0.311 e. The minimum Gasteiger partial charge on any atom is -0.452 e. The van der Waals surface area contributed by atoms with Crippen LogP contribution in [-0.2, 0) is 20.7 Å². The summed E-state index contributed by atoms with van der Waals surface area (Å²) in [5.41, 5.74) is 4.19. The molecule has 0 aliphatic carbocycles. The van der Waals surface area contributed by atoms with Gasteiger partial charge >= 0.3 is 5.97 Å². The van der Waals surface area contributed by atoms with Gasteiger partial charge in [0.2, 0.25) is 0 Å². The number of anilines is 1. The first-order chi connectivity index (χ1) is 14.4. The number of ether oxygens (including phenoxy) is 1. The number of benzene rings is 2. The van der Waals surface area contributed by atoms with Gasteiger partial charge in [0.15, 0.2) is 6.10 Å². The van der Waals surface area contributed by atoms with E-state index >= 15 is 0 Å². The van der Waals surface area contributed by atoms with Crippen molar-refractivity contribution in [3.63, 3.8) is 0 Å². The molecule has 6 heteroatoms. The summed E-state index contributed by atoms with van der Waals surface area (Å²) in [7, 11) is 0. The normalized spacial score (nSPS) is 11.7. The molecular weight excluding hydrogens is 378 g/mol. The Balaban J connectivity index is 1.70. The van der Waals surface area contributed by atoms with Crippen LogP contribution in [-0.4, -0.2) is 34.3 Å². The third-order valence-corrected chi connectivity index (χ3v) is 5.07. The molecular formula is C24H27N3O3. The van der Waals surface area contributed by atoms with Gasteiger partial charge in [-0.05, 0) is 52.0 Å². The number of likely N-dealkylation sites (N-methyl/N-ethyl adjacent to an activating group) is 1. The van der Waals surface area contributed by atoms with Gasteiger partial charge in [0, 0.05) is 23.5 Å². The van der Waals surface area contributed by atoms with Crippen LogP contribution in [0.4, 0.5) is 5.69 Å². The molecule has 30 heavy (non-hydrogen) atoms. The molecule has 156 valence electrons. The molecule has 0 radical (unpaired) electrons. The van der Waals surface area contributed by atoms with Gasteiger partial charge in [-0.1, -0.05) is 36.4 Å². The van der Waals surface area contributed by atoms with Crippen molar-refractivity contribution < 1.29 is 14.3 Å². The molecule has 0 unspecified atom stereocenters. The molecule has 6 nitrogen and oxygen atoms in total. The summed E-state index contributed by atoms with van der Waals surface area (Å²) in [5.74, 6) is -0.691. The zero-order valence-corrected chi connectivity index (χ0v) is 17.8. The van der Waals surface area contributed by atoms with Crippen LogP contribution in [0.25, 0.3) is 5.69 Å². The maximum absolute atomic E-state index is 12.8. The fourth-order valence-corrected chi connectivity index (χ4v) is 3.48. The maximum atomic E-state index is 12.8. The Bertz CT molecular complexity index is 1010. The zero-order chi connectivity index (χ0) is 21.7. The molecule has 3 rings (SSSR count). The lowest BCUT2D eigenvalue weighted by molar-refractivity contribution is -0.153. The largest absolute Gasteiger partial charge is 0.452 e. The predicted octanol–water partition coefficient (Wildman–Crippen LogP) is 4.02. The molecule has 0 fully saturated rings. The molecule has 0 spiro atoms. The Morgan fingerprint density at radius 3 is 2.23 bits per heavy atom. The van der Waals surface area contributed by atoms with Crippen molar-refractivity contribution in [2.75, 3.05) is 11.4 Å². The number of aryl methyl sites for hydroxylation is 1. The Labute approximate surface area is 177 Å². The second-order valence-electron chi connectivity index (χ2n) is 7.12. The van der Waals surface area contributed by atoms with Gasteiger partial charge in [0.25, 0.3) is 5.91 Å². The maximum Gasteiger partial charge on any atom is 0.311 e. The number of para-hydroxylation sites is 2. The molecule has 1 amide bonds. The highest BCUT2D eigenvalue weighted by Crippen LogP contribution is 2.20. The van der Waals surface area contributed by atoms with Gasteiger partial charge in [0.05, 0.1) is 17.8 Å². The number of carbonyl (C=O) groups is 2. The minimum absolute atomic E-state index is 0.0690. The minimum atomic E-state index is -0.873. The van der Waals surface area contributed by atoms with E-state index in [0.29, 0.717) is 6.54 Å². The molecule has 0 saturated carbocycles. The lowest BCUT2D eigenvalue weighted by Gasteiger charge is -2.24. The molecule has 1 aromatic heterocycles. The van der Waals surface area contributed by atoms with Crippen molar-refractivity contribution in [1.29, 1.82) is 0 Å². The quantitative estimate of drug-likeness (QED) is 0.557. The molecule has 0 aliphatic rings. The summed E-state index contributed by atoms with van der Waals surface area (Å²) in [6, 6.07) is 19.1. The van der Waals surface area contributed by atoms with E-state index in [4.69, 9.17) is 4.74 Å². The molecule has 0 saturated heterocycles. The average molecular weight is 405 g/mol. The highest BCUT2D eigenvalue weighted by molar-refractivity contribution is 5.97. The number of esters is 1. The van der Waals surface area contributed by atoms with Gasteiger partial charge in [-0.25, -0.2) is 4.68 Å². The van der Waals surface area contributed by atoms with E-state index in [1.807, 2.05) is 86.1 Å². The third-order valence-electron chi connectivity index (χ3n) is 5.07. The summed E-state index contributed by atoms with van der Waals surface area (Å²) in [6.45, 7) is 7.80. The van der Waals surface area contributed by atoms with Crippen molar-refractivity contribution in [3.8, 4) is 5.69 Å². The van der Waals surface area contributed by atoms with E-state index in [-0.39, 0.29) is 12.3 Å². The van der Waals surface area contributed by atoms with Crippen molar-refractivity contribution in [1.82, 2.24) is 9.78 Å². The van der Waals surface area contributed by atoms with E-state index in [1.165, 1.54) is 0 Å². The van der Waals surface area contributed by atoms with Crippen LogP contribution in [0.5, 0.6) is 0 Å². The molecule has 3 aromatic rings. The van der Waals surface area contributed by atoms with Crippen LogP contribution in [0.15, 0.2) is 60.7 Å². The molecule has 1 heterocycles. The van der Waals surface area contributed by atoms with Gasteiger partial charge < -0.3 is 9.64 Å². The zero-order valence-electron chi connectivity index (χ0n) is 17.8. The SMILES string of the molecule is CCN(C(=O)[C@@H](C)OC(=O)Cc1c(C)nn(-c2ccccc2)c1C)c1ccccc1. The van der Waals surface area contributed by atoms with Gasteiger partial charge in [-0.15, -0.1) is 0 Å². The van der Waals surface area contributed by atoms with Crippen molar-refractivity contribution in [3.05, 3.63) is 77.6 Å². The topological polar surface area (TPSA) is 64.4 Å². The Kier molecular flexibility index (Phi) is 6.67. The number of amides is 1. The van der Waals surface area contributed by atoms with Crippen LogP contribution in [0.3, 0.4) is 0 Å². The van der Waals surface area contributed by atoms with Crippen molar-refractivity contribution in [2.24, 2.45) is 0 Å². The second-order valence-corrected chi connectivity index (χ2v) is 7.12. The number of hydrogen-bond donors (Lipinski definition) is 0. The Hall–Kier alpha value is -3.41. The second kappa shape index (κ2) is 9.39. The lowest BCUT2D eigenvalue weighted by atomic mass is 10.1. The molecule has 0 aliphatic heterocycles. The fourth-order valence-electron chi connectivity index (χ4n) is 3.48. The van der Waals surface area contributed by atoms with E-state index in [2.05, 4.69) is 5.10 Å². The van der Waals surface area contributed by atoms with Gasteiger partial charge in [0.1, 0.15) is 0 Å². The Morgan fingerprint density at radius 1 is 1.03 bits per heavy atom. The van der Waals surface area contributed by atoms with Gasteiger partial charge in [-0.2, -0.15) is 5.10 Å². The number of hydrogen-bond acceptors (Lipinski definition) is 4. The highest BCUT2D eigenvalue weighted by Gasteiger charge is 2.25. The number of aromatic nitrogens is 2. The summed E-state index contributed by atoms with van der Waals surface area (Å²) in [6.07, 6.45) is -0.804. The van der Waals surface area contributed by atoms with E-state index in [9.17, 15) is 9.59 Å². The third kappa shape index (κ3) is 4.59. The van der Waals surface area contributed by atoms with Crippen LogP contribution < -0.4 is 4.90 Å². The summed E-state index contributed by atoms with van der Waals surface area (Å²) in [4.78, 5) is 27.0. The fraction of sp³-hybridized carbons (Fsp3) is 0.292. The van der Waals surface area contributed by atoms with Gasteiger partial charge in [-0.3, -0.25) is 9.59 Å². The Morgan fingerprint density at radius 2 is 1.63 bits per heavy atom. The number of carbonyl (C=O) groups excluding carboxylic acids is 2. The number of rotatable bonds is 7. The summed E-state index contributed by atoms with van der Waals surface area (Å²) in [5, 5.41) is 4.56. The first kappa shape index (κ1) is 21.3. The van der Waals surface area contributed by atoms with Crippen LogP contribution in [0, 0.1) is 13.8 Å². The van der Waals surface area contributed by atoms with Crippen molar-refractivity contribution in [2.45, 2.75) is 40.2 Å². The lowest BCUT2D eigenvalue weighted by Crippen LogP contribution is -2.40. The molecule has 2 aromatic carbocycles. The molecule has 0 N–H and O–H groups in total. The molecule has 0 bridgehead atoms. The highest BCUT2D eigenvalue weighted by atomic mass is 16.5. The van der Waals surface area contributed by atoms with E-state index in [0.717, 1.165) is 28.3 Å². The summed E-state index contributed by atoms with van der Waals surface area (Å²) >= 11 is 0. The first-order valence-corrected chi connectivity index (χ1v) is 10.1. The van der Waals surface area contributed by atoms with Crippen LogP contribution >= 0.6 is 0 Å². The average Bonchev–Trinajstić information content (AvgIpc) is 3.03. The first-order valence-electron chi connectivity index (χ1n) is 10.1. The van der Waals surface area contributed by atoms with Crippen LogP contribution in [0.2, 0.25) is 0 Å². The van der Waals surface area contributed by atoms with E-state index in [1.54, 1.807) is 11.8 Å².